The van der Waals surface area contributed by atoms with Gasteiger partial charge in [-0.3, -0.25) is 0 Å². The molecular weight excluding hydrogens is 192 g/mol. The highest BCUT2D eigenvalue weighted by Crippen LogP contribution is 2.36. The van der Waals surface area contributed by atoms with E-state index >= 15 is 0 Å². The standard InChI is InChI=1S/C11H14N2O2/c1-2-4-10-8(3-1)11(15-14-10)9-7-12-5-6-13-9/h1-4,9,11-13H,5-7H2. The Morgan fingerprint density at radius 2 is 2.13 bits per heavy atom. The number of piperazine rings is 1. The van der Waals surface area contributed by atoms with Gasteiger partial charge in [0, 0.05) is 25.2 Å². The van der Waals surface area contributed by atoms with Gasteiger partial charge in [0.25, 0.3) is 0 Å². The molecule has 4 nitrogen and oxygen atoms in total. The minimum Gasteiger partial charge on any atom is -0.336 e. The molecule has 3 rings (SSSR count). The van der Waals surface area contributed by atoms with Gasteiger partial charge in [-0.25, -0.2) is 0 Å². The molecule has 1 aromatic carbocycles. The molecule has 2 heterocycles. The van der Waals surface area contributed by atoms with Crippen LogP contribution in [0.3, 0.4) is 0 Å². The molecule has 2 atom stereocenters. The first kappa shape index (κ1) is 9.15. The minimum atomic E-state index is 0.00833. The summed E-state index contributed by atoms with van der Waals surface area (Å²) < 4.78 is 0. The van der Waals surface area contributed by atoms with Crippen molar-refractivity contribution in [2.24, 2.45) is 0 Å². The largest absolute Gasteiger partial charge is 0.336 e. The van der Waals surface area contributed by atoms with E-state index in [0.717, 1.165) is 30.9 Å². The number of fused-ring (bicyclic) bond motifs is 1. The summed E-state index contributed by atoms with van der Waals surface area (Å²) >= 11 is 0. The fourth-order valence-corrected chi connectivity index (χ4v) is 2.12. The van der Waals surface area contributed by atoms with Crippen LogP contribution >= 0.6 is 0 Å². The molecule has 2 unspecified atom stereocenters. The quantitative estimate of drug-likeness (QED) is 0.661. The van der Waals surface area contributed by atoms with Crippen LogP contribution in [0.25, 0.3) is 0 Å². The molecule has 0 saturated carbocycles. The fourth-order valence-electron chi connectivity index (χ4n) is 2.12. The summed E-state index contributed by atoms with van der Waals surface area (Å²) in [6.07, 6.45) is 0.00833. The van der Waals surface area contributed by atoms with Crippen LogP contribution in [0.1, 0.15) is 11.7 Å². The number of para-hydroxylation sites is 1. The lowest BCUT2D eigenvalue weighted by atomic mass is 10.0. The van der Waals surface area contributed by atoms with Crippen molar-refractivity contribution in [2.75, 3.05) is 19.6 Å². The lowest BCUT2D eigenvalue weighted by Gasteiger charge is -2.27. The zero-order valence-corrected chi connectivity index (χ0v) is 8.40. The Kier molecular flexibility index (Phi) is 2.32. The third-order valence-electron chi connectivity index (χ3n) is 2.91. The number of benzene rings is 1. The van der Waals surface area contributed by atoms with Gasteiger partial charge in [0.05, 0.1) is 6.04 Å². The molecule has 80 valence electrons. The van der Waals surface area contributed by atoms with Gasteiger partial charge in [0.1, 0.15) is 6.10 Å². The van der Waals surface area contributed by atoms with Crippen LogP contribution in [0.2, 0.25) is 0 Å². The van der Waals surface area contributed by atoms with Crippen LogP contribution in [-0.2, 0) is 4.89 Å². The summed E-state index contributed by atoms with van der Waals surface area (Å²) in [5, 5.41) is 6.78. The van der Waals surface area contributed by atoms with Gasteiger partial charge in [-0.05, 0) is 6.07 Å². The molecule has 1 saturated heterocycles. The first-order chi connectivity index (χ1) is 7.45. The number of rotatable bonds is 1. The summed E-state index contributed by atoms with van der Waals surface area (Å²) in [4.78, 5) is 10.6. The summed E-state index contributed by atoms with van der Waals surface area (Å²) in [5.74, 6) is 0.842. The molecule has 2 aliphatic heterocycles. The van der Waals surface area contributed by atoms with E-state index in [1.165, 1.54) is 0 Å². The van der Waals surface area contributed by atoms with E-state index in [1.807, 2.05) is 18.2 Å². The lowest BCUT2D eigenvalue weighted by molar-refractivity contribution is -0.231. The Bertz CT molecular complexity index is 350. The SMILES string of the molecule is c1ccc2c(c1)OOC2C1CNCCN1. The highest BCUT2D eigenvalue weighted by Gasteiger charge is 2.33. The first-order valence-corrected chi connectivity index (χ1v) is 5.31. The maximum atomic E-state index is 5.36. The molecule has 0 radical (unpaired) electrons. The zero-order chi connectivity index (χ0) is 10.1. The van der Waals surface area contributed by atoms with E-state index in [1.54, 1.807) is 0 Å². The second-order valence-corrected chi connectivity index (χ2v) is 3.90. The summed E-state index contributed by atoms with van der Waals surface area (Å²) in [7, 11) is 0. The van der Waals surface area contributed by atoms with Gasteiger partial charge in [-0.15, -0.1) is 0 Å². The molecule has 0 aromatic heterocycles. The molecule has 4 heteroatoms. The molecule has 0 aliphatic carbocycles. The zero-order valence-electron chi connectivity index (χ0n) is 8.40. The molecule has 15 heavy (non-hydrogen) atoms. The number of nitrogens with one attached hydrogen (secondary N) is 2. The van der Waals surface area contributed by atoms with Crippen molar-refractivity contribution in [3.05, 3.63) is 29.8 Å². The van der Waals surface area contributed by atoms with Gasteiger partial charge in [0.15, 0.2) is 5.75 Å². The Balaban J connectivity index is 1.83. The van der Waals surface area contributed by atoms with Crippen molar-refractivity contribution in [3.63, 3.8) is 0 Å². The maximum absolute atomic E-state index is 5.36. The molecule has 1 aromatic rings. The Morgan fingerprint density at radius 1 is 1.20 bits per heavy atom. The van der Waals surface area contributed by atoms with Crippen LogP contribution in [-0.4, -0.2) is 25.7 Å². The molecule has 2 aliphatic rings. The van der Waals surface area contributed by atoms with Crippen LogP contribution in [0.15, 0.2) is 24.3 Å². The normalized spacial score (nSPS) is 29.6. The third kappa shape index (κ3) is 1.61. The van der Waals surface area contributed by atoms with Crippen LogP contribution in [0, 0.1) is 0 Å². The third-order valence-corrected chi connectivity index (χ3v) is 2.91. The summed E-state index contributed by atoms with van der Waals surface area (Å²) in [5.41, 5.74) is 1.14. The number of hydrogen-bond acceptors (Lipinski definition) is 4. The maximum Gasteiger partial charge on any atom is 0.171 e. The van der Waals surface area contributed by atoms with Crippen molar-refractivity contribution >= 4 is 0 Å². The van der Waals surface area contributed by atoms with Gasteiger partial charge >= 0.3 is 0 Å². The van der Waals surface area contributed by atoms with E-state index < -0.39 is 0 Å². The van der Waals surface area contributed by atoms with E-state index in [9.17, 15) is 0 Å². The molecule has 1 fully saturated rings. The predicted octanol–water partition coefficient (Wildman–Crippen LogP) is 0.613. The summed E-state index contributed by atoms with van der Waals surface area (Å²) in [6.45, 7) is 2.92. The van der Waals surface area contributed by atoms with Crippen molar-refractivity contribution in [2.45, 2.75) is 12.1 Å². The predicted molar refractivity (Wildman–Crippen MR) is 55.6 cm³/mol. The van der Waals surface area contributed by atoms with E-state index in [-0.39, 0.29) is 6.10 Å². The highest BCUT2D eigenvalue weighted by molar-refractivity contribution is 5.37. The van der Waals surface area contributed by atoms with Gasteiger partial charge in [-0.2, -0.15) is 4.89 Å². The van der Waals surface area contributed by atoms with E-state index in [2.05, 4.69) is 16.7 Å². The smallest absolute Gasteiger partial charge is 0.171 e. The monoisotopic (exact) mass is 206 g/mol. The minimum absolute atomic E-state index is 0.00833. The summed E-state index contributed by atoms with van der Waals surface area (Å²) in [6, 6.07) is 8.26. The topological polar surface area (TPSA) is 42.5 Å². The lowest BCUT2D eigenvalue weighted by Crippen LogP contribution is -2.51. The van der Waals surface area contributed by atoms with E-state index in [4.69, 9.17) is 9.78 Å². The number of hydrogen-bond donors (Lipinski definition) is 2. The van der Waals surface area contributed by atoms with Crippen molar-refractivity contribution in [3.8, 4) is 5.75 Å². The second kappa shape index (κ2) is 3.81. The van der Waals surface area contributed by atoms with Gasteiger partial charge in [-0.1, -0.05) is 18.2 Å². The van der Waals surface area contributed by atoms with Crippen molar-refractivity contribution in [1.82, 2.24) is 10.6 Å². The Labute approximate surface area is 88.5 Å². The van der Waals surface area contributed by atoms with Gasteiger partial charge in [0.2, 0.25) is 0 Å². The second-order valence-electron chi connectivity index (χ2n) is 3.90. The van der Waals surface area contributed by atoms with E-state index in [0.29, 0.717) is 6.04 Å². The first-order valence-electron chi connectivity index (χ1n) is 5.31. The molecule has 0 spiro atoms. The van der Waals surface area contributed by atoms with Crippen LogP contribution in [0.4, 0.5) is 0 Å². The molecule has 0 bridgehead atoms. The molecule has 2 N–H and O–H groups in total. The fraction of sp³-hybridized carbons (Fsp3) is 0.455. The molecular formula is C11H14N2O2. The van der Waals surface area contributed by atoms with Crippen LogP contribution in [0.5, 0.6) is 5.75 Å². The van der Waals surface area contributed by atoms with Crippen molar-refractivity contribution in [1.29, 1.82) is 0 Å². The average molecular weight is 206 g/mol. The highest BCUT2D eigenvalue weighted by atomic mass is 17.2. The van der Waals surface area contributed by atoms with Gasteiger partial charge < -0.3 is 15.5 Å². The van der Waals surface area contributed by atoms with Crippen LogP contribution < -0.4 is 15.5 Å². The average Bonchev–Trinajstić information content (AvgIpc) is 2.74. The molecule has 0 amide bonds. The Morgan fingerprint density at radius 3 is 3.00 bits per heavy atom. The van der Waals surface area contributed by atoms with Crippen molar-refractivity contribution < 1.29 is 9.78 Å². The Hall–Kier alpha value is -1.10.